The number of carboxylic acids is 1. The molecule has 5 N–H and O–H groups in total. The summed E-state index contributed by atoms with van der Waals surface area (Å²) < 4.78 is 5.65. The number of rotatable bonds is 5. The molecule has 3 aromatic rings. The molecule has 0 aliphatic carbocycles. The number of hydrogen-bond donors (Lipinski definition) is 3. The molecule has 0 unspecified atom stereocenters. The molecular weight excluding hydrogens is 346 g/mol. The first-order valence-corrected chi connectivity index (χ1v) is 7.87. The molecular formula is C19H15N5O3. The lowest BCUT2D eigenvalue weighted by Gasteiger charge is -2.12. The van der Waals surface area contributed by atoms with Gasteiger partial charge in [0, 0.05) is 5.56 Å². The summed E-state index contributed by atoms with van der Waals surface area (Å²) in [5.41, 5.74) is 12.7. The average Bonchev–Trinajstić information content (AvgIpc) is 2.66. The van der Waals surface area contributed by atoms with E-state index in [4.69, 9.17) is 16.2 Å². The number of anilines is 2. The molecule has 0 saturated heterocycles. The summed E-state index contributed by atoms with van der Waals surface area (Å²) in [5, 5.41) is 18.8. The smallest absolute Gasteiger partial charge is 0.339 e. The number of hydrogen-bond acceptors (Lipinski definition) is 7. The molecule has 2 aromatic carbocycles. The number of benzene rings is 2. The lowest BCUT2D eigenvalue weighted by Crippen LogP contribution is -2.07. The van der Waals surface area contributed by atoms with Crippen molar-refractivity contribution >= 4 is 17.7 Å². The van der Waals surface area contributed by atoms with Crippen LogP contribution in [-0.2, 0) is 6.61 Å². The van der Waals surface area contributed by atoms with Crippen LogP contribution in [0.1, 0.15) is 21.5 Å². The van der Waals surface area contributed by atoms with Crippen LogP contribution in [0.3, 0.4) is 0 Å². The van der Waals surface area contributed by atoms with E-state index in [-0.39, 0.29) is 40.9 Å². The van der Waals surface area contributed by atoms with Gasteiger partial charge in [0.2, 0.25) is 5.95 Å². The normalized spacial score (nSPS) is 10.2. The van der Waals surface area contributed by atoms with Gasteiger partial charge in [0.25, 0.3) is 0 Å². The fraction of sp³-hybridized carbons (Fsp3) is 0.0526. The third kappa shape index (κ3) is 3.77. The number of nitrogen functional groups attached to an aromatic ring is 2. The van der Waals surface area contributed by atoms with Crippen LogP contribution in [-0.4, -0.2) is 21.0 Å². The van der Waals surface area contributed by atoms with E-state index in [1.54, 1.807) is 6.07 Å². The number of carboxylic acid groups (broad SMARTS) is 1. The molecule has 1 heterocycles. The highest BCUT2D eigenvalue weighted by Gasteiger charge is 2.18. The maximum atomic E-state index is 11.7. The Kier molecular flexibility index (Phi) is 4.86. The van der Waals surface area contributed by atoms with Crippen molar-refractivity contribution in [1.82, 2.24) is 9.97 Å². The zero-order chi connectivity index (χ0) is 19.4. The summed E-state index contributed by atoms with van der Waals surface area (Å²) in [6, 6.07) is 15.8. The molecule has 0 saturated carbocycles. The van der Waals surface area contributed by atoms with Crippen LogP contribution in [0.2, 0.25) is 0 Å². The molecule has 0 atom stereocenters. The number of nitrogens with zero attached hydrogens (tertiary/aromatic N) is 3. The van der Waals surface area contributed by atoms with Crippen molar-refractivity contribution < 1.29 is 14.6 Å². The second-order valence-corrected chi connectivity index (χ2v) is 5.59. The lowest BCUT2D eigenvalue weighted by molar-refractivity contribution is 0.0692. The number of aromatic carboxylic acids is 1. The maximum absolute atomic E-state index is 11.7. The maximum Gasteiger partial charge on any atom is 0.339 e. The van der Waals surface area contributed by atoms with Crippen molar-refractivity contribution in [2.75, 3.05) is 11.5 Å². The van der Waals surface area contributed by atoms with Gasteiger partial charge in [0.1, 0.15) is 35.4 Å². The first-order chi connectivity index (χ1) is 13.0. The number of nitriles is 1. The van der Waals surface area contributed by atoms with Crippen molar-refractivity contribution in [3.63, 3.8) is 0 Å². The second-order valence-electron chi connectivity index (χ2n) is 5.59. The van der Waals surface area contributed by atoms with Gasteiger partial charge in [-0.1, -0.05) is 30.3 Å². The second kappa shape index (κ2) is 7.41. The molecule has 0 aliphatic heterocycles. The van der Waals surface area contributed by atoms with Gasteiger partial charge in [-0.2, -0.15) is 10.2 Å². The van der Waals surface area contributed by atoms with E-state index in [1.165, 1.54) is 12.1 Å². The van der Waals surface area contributed by atoms with Crippen LogP contribution in [0.5, 0.6) is 5.75 Å². The van der Waals surface area contributed by atoms with Gasteiger partial charge in [-0.05, 0) is 23.8 Å². The molecule has 27 heavy (non-hydrogen) atoms. The van der Waals surface area contributed by atoms with Gasteiger partial charge in [-0.15, -0.1) is 0 Å². The van der Waals surface area contributed by atoms with Crippen LogP contribution in [0, 0.1) is 11.3 Å². The highest BCUT2D eigenvalue weighted by atomic mass is 16.5. The van der Waals surface area contributed by atoms with Gasteiger partial charge < -0.3 is 21.3 Å². The SMILES string of the molecule is N#Cc1c(N)nc(N)nc1-c1ccc(OCc2ccccc2)c(C(=O)O)c1. The predicted octanol–water partition coefficient (Wildman–Crippen LogP) is 2.46. The Morgan fingerprint density at radius 2 is 1.89 bits per heavy atom. The van der Waals surface area contributed by atoms with Gasteiger partial charge in [0.05, 0.1) is 5.69 Å². The zero-order valence-electron chi connectivity index (χ0n) is 14.1. The molecule has 0 spiro atoms. The molecule has 8 heteroatoms. The Morgan fingerprint density at radius 1 is 1.15 bits per heavy atom. The van der Waals surface area contributed by atoms with E-state index in [9.17, 15) is 15.2 Å². The summed E-state index contributed by atoms with van der Waals surface area (Å²) in [6.45, 7) is 0.220. The number of nitrogens with two attached hydrogens (primary N) is 2. The van der Waals surface area contributed by atoms with Crippen LogP contribution in [0.25, 0.3) is 11.3 Å². The topological polar surface area (TPSA) is 148 Å². The van der Waals surface area contributed by atoms with E-state index < -0.39 is 5.97 Å². The summed E-state index contributed by atoms with van der Waals surface area (Å²) in [7, 11) is 0. The van der Waals surface area contributed by atoms with Crippen molar-refractivity contribution in [3.05, 3.63) is 65.2 Å². The molecule has 8 nitrogen and oxygen atoms in total. The molecule has 134 valence electrons. The van der Waals surface area contributed by atoms with E-state index in [0.717, 1.165) is 5.56 Å². The van der Waals surface area contributed by atoms with Crippen molar-refractivity contribution in [1.29, 1.82) is 5.26 Å². The molecule has 0 fully saturated rings. The summed E-state index contributed by atoms with van der Waals surface area (Å²) in [6.07, 6.45) is 0. The first-order valence-electron chi connectivity index (χ1n) is 7.87. The molecule has 3 rings (SSSR count). The standard InChI is InChI=1S/C19H15N5O3/c20-9-14-16(23-19(22)24-17(14)21)12-6-7-15(13(8-12)18(25)26)27-10-11-4-2-1-3-5-11/h1-8H,10H2,(H,25,26)(H4,21,22,23,24). The Hall–Kier alpha value is -4.12. The van der Waals surface area contributed by atoms with Crippen molar-refractivity contribution in [2.45, 2.75) is 6.61 Å². The lowest BCUT2D eigenvalue weighted by atomic mass is 10.0. The van der Waals surface area contributed by atoms with Gasteiger partial charge in [0.15, 0.2) is 0 Å². The minimum atomic E-state index is -1.17. The van der Waals surface area contributed by atoms with Gasteiger partial charge in [-0.3, -0.25) is 0 Å². The minimum Gasteiger partial charge on any atom is -0.488 e. The molecule has 0 amide bonds. The fourth-order valence-electron chi connectivity index (χ4n) is 2.52. The predicted molar refractivity (Wildman–Crippen MR) is 98.7 cm³/mol. The minimum absolute atomic E-state index is 0.0264. The Morgan fingerprint density at radius 3 is 2.56 bits per heavy atom. The Bertz CT molecular complexity index is 1050. The van der Waals surface area contributed by atoms with Crippen molar-refractivity contribution in [2.24, 2.45) is 0 Å². The molecule has 0 aliphatic rings. The highest BCUT2D eigenvalue weighted by molar-refractivity contribution is 5.93. The Labute approximate surface area is 154 Å². The zero-order valence-corrected chi connectivity index (χ0v) is 14.1. The average molecular weight is 361 g/mol. The fourth-order valence-corrected chi connectivity index (χ4v) is 2.52. The van der Waals surface area contributed by atoms with E-state index in [2.05, 4.69) is 9.97 Å². The number of aromatic nitrogens is 2. The summed E-state index contributed by atoms with van der Waals surface area (Å²) >= 11 is 0. The monoisotopic (exact) mass is 361 g/mol. The third-order valence-electron chi connectivity index (χ3n) is 3.79. The summed E-state index contributed by atoms with van der Waals surface area (Å²) in [5.74, 6) is -1.15. The van der Waals surface area contributed by atoms with E-state index in [0.29, 0.717) is 5.56 Å². The highest BCUT2D eigenvalue weighted by Crippen LogP contribution is 2.30. The van der Waals surface area contributed by atoms with Crippen molar-refractivity contribution in [3.8, 4) is 23.1 Å². The van der Waals surface area contributed by atoms with Crippen LogP contribution in [0.4, 0.5) is 11.8 Å². The van der Waals surface area contributed by atoms with E-state index >= 15 is 0 Å². The quantitative estimate of drug-likeness (QED) is 0.627. The Balaban J connectivity index is 2.00. The number of carbonyl (C=O) groups is 1. The third-order valence-corrected chi connectivity index (χ3v) is 3.79. The molecule has 0 bridgehead atoms. The van der Waals surface area contributed by atoms with E-state index in [1.807, 2.05) is 36.4 Å². The summed E-state index contributed by atoms with van der Waals surface area (Å²) in [4.78, 5) is 19.5. The van der Waals surface area contributed by atoms with Crippen LogP contribution >= 0.6 is 0 Å². The number of ether oxygens (including phenoxy) is 1. The molecule has 0 radical (unpaired) electrons. The molecule has 1 aromatic heterocycles. The van der Waals surface area contributed by atoms with Gasteiger partial charge in [-0.25, -0.2) is 9.78 Å². The van der Waals surface area contributed by atoms with Crippen LogP contribution < -0.4 is 16.2 Å². The van der Waals surface area contributed by atoms with Gasteiger partial charge >= 0.3 is 5.97 Å². The van der Waals surface area contributed by atoms with Crippen LogP contribution in [0.15, 0.2) is 48.5 Å². The first kappa shape index (κ1) is 17.7. The largest absolute Gasteiger partial charge is 0.488 e.